The first kappa shape index (κ1) is 15.7. The van der Waals surface area contributed by atoms with Gasteiger partial charge in [0.15, 0.2) is 23.8 Å². The molecule has 2 aromatic rings. The number of aliphatic hydroxyl groups is 1. The molecule has 2 aliphatic rings. The van der Waals surface area contributed by atoms with Gasteiger partial charge in [-0.3, -0.25) is 4.57 Å². The molecule has 0 amide bonds. The van der Waals surface area contributed by atoms with Crippen LogP contribution in [0.5, 0.6) is 0 Å². The van der Waals surface area contributed by atoms with E-state index in [1.165, 1.54) is 17.2 Å². The number of hydrogen-bond acceptors (Lipinski definition) is 9. The maximum absolute atomic E-state index is 10.5. The van der Waals surface area contributed by atoms with Gasteiger partial charge >= 0.3 is 15.4 Å². The van der Waals surface area contributed by atoms with Crippen LogP contribution in [0.1, 0.15) is 6.23 Å². The Morgan fingerprint density at radius 3 is 3.08 bits per heavy atom. The van der Waals surface area contributed by atoms with Gasteiger partial charge < -0.3 is 9.84 Å². The molecule has 4 heterocycles. The van der Waals surface area contributed by atoms with Gasteiger partial charge in [0.2, 0.25) is 0 Å². The van der Waals surface area contributed by atoms with Gasteiger partial charge in [-0.25, -0.2) is 19.8 Å². The normalized spacial score (nSPS) is 35.6. The summed E-state index contributed by atoms with van der Waals surface area (Å²) in [5.74, 6) is 0.0630. The Labute approximate surface area is 136 Å². The Kier molecular flexibility index (Phi) is 3.66. The molecule has 2 aromatic heterocycles. The first-order valence-electron chi connectivity index (χ1n) is 6.79. The highest BCUT2D eigenvalue weighted by atomic mass is 31.2. The lowest BCUT2D eigenvalue weighted by molar-refractivity contribution is -0.0603. The molecule has 2 aliphatic heterocycles. The lowest BCUT2D eigenvalue weighted by Gasteiger charge is -2.27. The maximum Gasteiger partial charge on any atom is 0.488 e. The summed E-state index contributed by atoms with van der Waals surface area (Å²) >= 11 is 0. The number of azide groups is 1. The summed E-state index contributed by atoms with van der Waals surface area (Å²) in [5, 5.41) is 13.9. The largest absolute Gasteiger partial charge is 0.488 e. The first-order valence-corrected chi connectivity index (χ1v) is 8.44. The van der Waals surface area contributed by atoms with Crippen molar-refractivity contribution < 1.29 is 23.8 Å². The van der Waals surface area contributed by atoms with Crippen molar-refractivity contribution in [2.24, 2.45) is 5.11 Å². The van der Waals surface area contributed by atoms with Gasteiger partial charge in [-0.1, -0.05) is 0 Å². The molecule has 12 nitrogen and oxygen atoms in total. The van der Waals surface area contributed by atoms with Crippen molar-refractivity contribution in [2.75, 3.05) is 6.61 Å². The smallest absolute Gasteiger partial charge is 0.385 e. The average Bonchev–Trinajstić information content (AvgIpc) is 3.10. The van der Waals surface area contributed by atoms with Crippen molar-refractivity contribution >= 4 is 32.4 Å². The number of rotatable bonds is 2. The van der Waals surface area contributed by atoms with Crippen molar-refractivity contribution in [2.45, 2.75) is 24.5 Å². The third-order valence-electron chi connectivity index (χ3n) is 3.76. The van der Waals surface area contributed by atoms with Crippen molar-refractivity contribution in [3.63, 3.8) is 0 Å². The molecule has 24 heavy (non-hydrogen) atoms. The summed E-state index contributed by atoms with van der Waals surface area (Å²) in [4.78, 5) is 24.4. The number of nitrogens with zero attached hydrogens (tertiary/aromatic N) is 7. The molecule has 0 saturated carbocycles. The van der Waals surface area contributed by atoms with Crippen LogP contribution in [-0.2, 0) is 13.8 Å². The molecule has 2 N–H and O–H groups in total. The Hall–Kier alpha value is -1.85. The van der Waals surface area contributed by atoms with Crippen molar-refractivity contribution in [1.82, 2.24) is 19.5 Å². The van der Waals surface area contributed by atoms with E-state index in [9.17, 15) is 10.00 Å². The summed E-state index contributed by atoms with van der Waals surface area (Å²) in [6, 6.07) is 0. The molecule has 0 aromatic carbocycles. The molecule has 0 bridgehead atoms. The summed E-state index contributed by atoms with van der Waals surface area (Å²) in [6.07, 6.45) is -0.883. The summed E-state index contributed by atoms with van der Waals surface area (Å²) in [6.45, 7) is -0.00933. The second-order valence-corrected chi connectivity index (χ2v) is 6.79. The van der Waals surface area contributed by atoms with Gasteiger partial charge in [0.25, 0.3) is 0 Å². The van der Waals surface area contributed by atoms with Gasteiger partial charge in [0.05, 0.1) is 6.33 Å². The fraction of sp³-hybridized carbons (Fsp3) is 0.500. The molecule has 14 heteroatoms. The van der Waals surface area contributed by atoms with E-state index in [1.807, 2.05) is 0 Å². The van der Waals surface area contributed by atoms with E-state index in [1.54, 1.807) is 0 Å². The first-order chi connectivity index (χ1) is 11.5. The zero-order valence-corrected chi connectivity index (χ0v) is 12.8. The molecule has 0 aliphatic carbocycles. The number of hydrogen-bond donors (Lipinski definition) is 2. The Balaban J connectivity index is 1.71. The van der Waals surface area contributed by atoms with Crippen molar-refractivity contribution in [3.05, 3.63) is 23.1 Å². The maximum atomic E-state index is 10.5. The van der Waals surface area contributed by atoms with E-state index in [-0.39, 0.29) is 17.9 Å². The fourth-order valence-corrected chi connectivity index (χ4v) is 3.77. The standard InChI is InChI=1S/C10H10BN7O5P/c11-24(20)21-1-4-7(23-24)6(19)10(22-4)18-3-15-5-8(16-17-12)13-2-14-9(5)18/h2-4,6-7,10,19-20H,1H2/q+1/t4-,6?,7-,10-,24?/m1/s1. The minimum atomic E-state index is -3.46. The molecule has 4 rings (SSSR count). The second kappa shape index (κ2) is 5.61. The molecule has 2 saturated heterocycles. The van der Waals surface area contributed by atoms with Crippen molar-refractivity contribution in [3.8, 4) is 0 Å². The lowest BCUT2D eigenvalue weighted by Crippen LogP contribution is -2.40. The number of aromatic nitrogens is 4. The number of aliphatic hydroxyl groups excluding tert-OH is 1. The topological polar surface area (TPSA) is 161 Å². The molecule has 2 unspecified atom stereocenters. The molecule has 5 atom stereocenters. The molecular weight excluding hydrogens is 340 g/mol. The molecule has 2 radical (unpaired) electrons. The SMILES string of the molecule is [B][P+]1(O)OC[C@H]2O[C@@H](n3cnc4c(N=[N+]=[N-])ncnc43)C(O)[C@@H]2O1. The fourth-order valence-electron chi connectivity index (χ4n) is 2.74. The van der Waals surface area contributed by atoms with Gasteiger partial charge in [-0.15, -0.1) is 0 Å². The van der Waals surface area contributed by atoms with Crippen LogP contribution in [0.25, 0.3) is 21.6 Å². The number of ether oxygens (including phenoxy) is 1. The van der Waals surface area contributed by atoms with E-state index < -0.39 is 32.4 Å². The van der Waals surface area contributed by atoms with Crippen LogP contribution in [0, 0.1) is 0 Å². The zero-order valence-electron chi connectivity index (χ0n) is 11.9. The highest BCUT2D eigenvalue weighted by molar-refractivity contribution is 7.85. The van der Waals surface area contributed by atoms with E-state index >= 15 is 0 Å². The molecule has 2 fully saturated rings. The van der Waals surface area contributed by atoms with Crippen LogP contribution in [0.4, 0.5) is 5.82 Å². The van der Waals surface area contributed by atoms with Gasteiger partial charge in [0, 0.05) is 4.91 Å². The van der Waals surface area contributed by atoms with Gasteiger partial charge in [-0.2, -0.15) is 9.05 Å². The highest BCUT2D eigenvalue weighted by Gasteiger charge is 2.56. The highest BCUT2D eigenvalue weighted by Crippen LogP contribution is 2.58. The third-order valence-corrected chi connectivity index (χ3v) is 4.82. The van der Waals surface area contributed by atoms with Gasteiger partial charge in [0.1, 0.15) is 30.7 Å². The van der Waals surface area contributed by atoms with Gasteiger partial charge in [-0.05, 0) is 10.6 Å². The predicted molar refractivity (Wildman–Crippen MR) is 79.8 cm³/mol. The predicted octanol–water partition coefficient (Wildman–Crippen LogP) is 0.280. The van der Waals surface area contributed by atoms with E-state index in [0.717, 1.165) is 0 Å². The van der Waals surface area contributed by atoms with E-state index in [0.29, 0.717) is 5.65 Å². The monoisotopic (exact) mass is 350 g/mol. The van der Waals surface area contributed by atoms with E-state index in [2.05, 4.69) is 25.0 Å². The Morgan fingerprint density at radius 2 is 2.29 bits per heavy atom. The minimum Gasteiger partial charge on any atom is -0.385 e. The van der Waals surface area contributed by atoms with Crippen LogP contribution < -0.4 is 0 Å². The summed E-state index contributed by atoms with van der Waals surface area (Å²) in [5.41, 5.74) is 9.14. The molecular formula is C10H10BN7O5P+. The summed E-state index contributed by atoms with van der Waals surface area (Å²) < 4.78 is 17.4. The molecule has 122 valence electrons. The van der Waals surface area contributed by atoms with Crippen molar-refractivity contribution in [1.29, 1.82) is 0 Å². The van der Waals surface area contributed by atoms with Crippen LogP contribution in [0.2, 0.25) is 0 Å². The number of fused-ring (bicyclic) bond motifs is 2. The second-order valence-electron chi connectivity index (χ2n) is 5.20. The van der Waals surface area contributed by atoms with Crippen LogP contribution in [-0.4, -0.2) is 62.0 Å². The van der Waals surface area contributed by atoms with Crippen LogP contribution >= 0.6 is 7.82 Å². The Morgan fingerprint density at radius 1 is 1.46 bits per heavy atom. The van der Waals surface area contributed by atoms with Crippen LogP contribution in [0.15, 0.2) is 17.8 Å². The molecule has 0 spiro atoms. The minimum absolute atomic E-state index is 0.00933. The lowest BCUT2D eigenvalue weighted by atomic mass is 10.1. The number of imidazole rings is 1. The Bertz CT molecular complexity index is 842. The third kappa shape index (κ3) is 2.43. The average molecular weight is 350 g/mol. The van der Waals surface area contributed by atoms with E-state index in [4.69, 9.17) is 26.9 Å². The zero-order chi connectivity index (χ0) is 16.9. The summed E-state index contributed by atoms with van der Waals surface area (Å²) in [7, 11) is 2.02. The quantitative estimate of drug-likeness (QED) is 0.257. The van der Waals surface area contributed by atoms with Crippen LogP contribution in [0.3, 0.4) is 0 Å².